The summed E-state index contributed by atoms with van der Waals surface area (Å²) in [5, 5.41) is 4.88. The number of aromatic amines is 1. The van der Waals surface area contributed by atoms with E-state index in [-0.39, 0.29) is 11.7 Å². The first-order valence-corrected chi connectivity index (χ1v) is 10.9. The summed E-state index contributed by atoms with van der Waals surface area (Å²) in [6, 6.07) is 17.6. The summed E-state index contributed by atoms with van der Waals surface area (Å²) in [7, 11) is 1.63. The van der Waals surface area contributed by atoms with Crippen LogP contribution in [0, 0.1) is 0 Å². The Bertz CT molecular complexity index is 1090. The van der Waals surface area contributed by atoms with Crippen molar-refractivity contribution in [2.45, 2.75) is 32.0 Å². The summed E-state index contributed by atoms with van der Waals surface area (Å²) in [5.41, 5.74) is 2.45. The molecule has 2 heterocycles. The molecule has 1 aliphatic heterocycles. The normalized spacial score (nSPS) is 15.7. The summed E-state index contributed by atoms with van der Waals surface area (Å²) >= 11 is 5.71. The molecule has 0 aliphatic carbocycles. The zero-order valence-electron chi connectivity index (χ0n) is 17.6. The first kappa shape index (κ1) is 21.3. The van der Waals surface area contributed by atoms with Crippen molar-refractivity contribution in [3.63, 3.8) is 0 Å². The minimum absolute atomic E-state index is 0.113. The summed E-state index contributed by atoms with van der Waals surface area (Å²) in [6.45, 7) is 2.49. The molecule has 1 aromatic heterocycles. The maximum Gasteiger partial charge on any atom is 0.253 e. The number of H-pyrrole nitrogens is 1. The average Bonchev–Trinajstić information content (AvgIpc) is 3.31. The number of aromatic nitrogens is 1. The zero-order valence-corrected chi connectivity index (χ0v) is 18.4. The molecule has 1 saturated heterocycles. The van der Waals surface area contributed by atoms with Gasteiger partial charge in [-0.2, -0.15) is 0 Å². The number of hydrogen-bond donors (Lipinski definition) is 2. The van der Waals surface area contributed by atoms with Gasteiger partial charge in [-0.05, 0) is 54.9 Å². The highest BCUT2D eigenvalue weighted by atomic mass is 32.1. The van der Waals surface area contributed by atoms with Crippen molar-refractivity contribution in [3.05, 3.63) is 76.1 Å². The van der Waals surface area contributed by atoms with Crippen LogP contribution in [0.15, 0.2) is 59.4 Å². The van der Waals surface area contributed by atoms with Gasteiger partial charge in [-0.25, -0.2) is 0 Å². The number of hydrogen-bond acceptors (Lipinski definition) is 4. The Hall–Kier alpha value is -2.90. The predicted molar refractivity (Wildman–Crippen MR) is 126 cm³/mol. The van der Waals surface area contributed by atoms with Gasteiger partial charge in [-0.15, -0.1) is 0 Å². The minimum Gasteiger partial charge on any atom is -0.497 e. The van der Waals surface area contributed by atoms with Gasteiger partial charge in [0.1, 0.15) is 5.75 Å². The largest absolute Gasteiger partial charge is 0.497 e. The van der Waals surface area contributed by atoms with Gasteiger partial charge in [0, 0.05) is 36.2 Å². The summed E-state index contributed by atoms with van der Waals surface area (Å²) in [5.74, 6) is 0.750. The highest BCUT2D eigenvalue weighted by Crippen LogP contribution is 2.20. The lowest BCUT2D eigenvalue weighted by Crippen LogP contribution is -2.42. The van der Waals surface area contributed by atoms with Crippen molar-refractivity contribution >= 4 is 28.2 Å². The molecule has 1 aliphatic rings. The van der Waals surface area contributed by atoms with E-state index in [0.29, 0.717) is 30.3 Å². The van der Waals surface area contributed by atoms with Crippen LogP contribution in [-0.2, 0) is 17.8 Å². The molecular weight excluding hydrogens is 410 g/mol. The third kappa shape index (κ3) is 5.42. The molecule has 3 aromatic rings. The Morgan fingerprint density at radius 3 is 2.81 bits per heavy atom. The van der Waals surface area contributed by atoms with E-state index in [1.165, 1.54) is 0 Å². The molecule has 31 heavy (non-hydrogen) atoms. The lowest BCUT2D eigenvalue weighted by Gasteiger charge is -2.27. The molecule has 0 unspecified atom stereocenters. The van der Waals surface area contributed by atoms with Crippen LogP contribution in [0.5, 0.6) is 5.75 Å². The fraction of sp³-hybridized carbons (Fsp3) is 0.333. The second-order valence-electron chi connectivity index (χ2n) is 7.74. The molecule has 0 bridgehead atoms. The lowest BCUT2D eigenvalue weighted by atomic mass is 10.1. The van der Waals surface area contributed by atoms with E-state index < -0.39 is 0 Å². The summed E-state index contributed by atoms with van der Waals surface area (Å²) in [4.78, 5) is 17.8. The molecule has 0 amide bonds. The van der Waals surface area contributed by atoms with Crippen LogP contribution in [0.3, 0.4) is 0 Å². The first-order chi connectivity index (χ1) is 15.1. The maximum absolute atomic E-state index is 12.8. The van der Waals surface area contributed by atoms with E-state index in [2.05, 4.69) is 22.4 Å². The molecule has 162 valence electrons. The molecule has 1 fully saturated rings. The topological polar surface area (TPSA) is 66.6 Å². The van der Waals surface area contributed by atoms with Gasteiger partial charge in [-0.3, -0.25) is 4.79 Å². The SMILES string of the molecule is COc1ccc2[nH]c(=O)c(CN(Cc3ccccc3)C(=S)NC[C@H]3CCCO3)cc2c1. The molecular formula is C24H27N3O3S. The van der Waals surface area contributed by atoms with Gasteiger partial charge >= 0.3 is 0 Å². The van der Waals surface area contributed by atoms with Crippen molar-refractivity contribution in [1.29, 1.82) is 0 Å². The smallest absolute Gasteiger partial charge is 0.253 e. The van der Waals surface area contributed by atoms with Gasteiger partial charge in [-0.1, -0.05) is 30.3 Å². The van der Waals surface area contributed by atoms with Gasteiger partial charge < -0.3 is 24.7 Å². The third-order valence-electron chi connectivity index (χ3n) is 5.50. The fourth-order valence-corrected chi connectivity index (χ4v) is 4.01. The number of ether oxygens (including phenoxy) is 2. The van der Waals surface area contributed by atoms with Crippen LogP contribution in [0.25, 0.3) is 10.9 Å². The Labute approximate surface area is 187 Å². The van der Waals surface area contributed by atoms with E-state index >= 15 is 0 Å². The fourth-order valence-electron chi connectivity index (χ4n) is 3.80. The number of rotatable bonds is 7. The molecule has 0 saturated carbocycles. The van der Waals surface area contributed by atoms with Crippen LogP contribution in [0.4, 0.5) is 0 Å². The summed E-state index contributed by atoms with van der Waals surface area (Å²) in [6.07, 6.45) is 2.32. The highest BCUT2D eigenvalue weighted by Gasteiger charge is 2.18. The number of nitrogens with zero attached hydrogens (tertiary/aromatic N) is 1. The van der Waals surface area contributed by atoms with Gasteiger partial charge in [0.2, 0.25) is 0 Å². The number of pyridine rings is 1. The molecule has 7 heteroatoms. The van der Waals surface area contributed by atoms with E-state index in [1.807, 2.05) is 47.4 Å². The number of thiocarbonyl (C=S) groups is 1. The van der Waals surface area contributed by atoms with Crippen molar-refractivity contribution in [3.8, 4) is 5.75 Å². The van der Waals surface area contributed by atoms with Crippen LogP contribution < -0.4 is 15.6 Å². The van der Waals surface area contributed by atoms with Crippen LogP contribution in [-0.4, -0.2) is 41.4 Å². The van der Waals surface area contributed by atoms with Gasteiger partial charge in [0.25, 0.3) is 5.56 Å². The Morgan fingerprint density at radius 1 is 1.23 bits per heavy atom. The molecule has 0 spiro atoms. The van der Waals surface area contributed by atoms with E-state index in [4.69, 9.17) is 21.7 Å². The van der Waals surface area contributed by atoms with E-state index in [1.54, 1.807) is 7.11 Å². The summed E-state index contributed by atoms with van der Waals surface area (Å²) < 4.78 is 11.0. The molecule has 1 atom stereocenters. The second kappa shape index (κ2) is 9.94. The molecule has 6 nitrogen and oxygen atoms in total. The van der Waals surface area contributed by atoms with Crippen LogP contribution in [0.2, 0.25) is 0 Å². The molecule has 4 rings (SSSR count). The molecule has 2 N–H and O–H groups in total. The Morgan fingerprint density at radius 2 is 2.06 bits per heavy atom. The average molecular weight is 438 g/mol. The van der Waals surface area contributed by atoms with E-state index in [9.17, 15) is 4.79 Å². The number of nitrogens with one attached hydrogen (secondary N) is 2. The standard InChI is InChI=1S/C24H27N3O3S/c1-29-20-9-10-22-18(13-20)12-19(23(28)26-22)16-27(15-17-6-3-2-4-7-17)24(31)25-14-21-8-5-11-30-21/h2-4,6-7,9-10,12-13,21H,5,8,11,14-16H2,1H3,(H,25,31)(H,26,28)/t21-/m1/s1. The molecule has 2 aromatic carbocycles. The monoisotopic (exact) mass is 437 g/mol. The van der Waals surface area contributed by atoms with Crippen LogP contribution in [0.1, 0.15) is 24.0 Å². The van der Waals surface area contributed by atoms with Crippen molar-refractivity contribution in [2.75, 3.05) is 20.3 Å². The predicted octanol–water partition coefficient (Wildman–Crippen LogP) is 3.59. The number of benzene rings is 2. The minimum atomic E-state index is -0.113. The quantitative estimate of drug-likeness (QED) is 0.551. The lowest BCUT2D eigenvalue weighted by molar-refractivity contribution is 0.113. The Kier molecular flexibility index (Phi) is 6.84. The zero-order chi connectivity index (χ0) is 21.6. The first-order valence-electron chi connectivity index (χ1n) is 10.5. The number of fused-ring (bicyclic) bond motifs is 1. The van der Waals surface area contributed by atoms with Gasteiger partial charge in [0.05, 0.1) is 19.8 Å². The van der Waals surface area contributed by atoms with Crippen molar-refractivity contribution in [2.24, 2.45) is 0 Å². The molecule has 0 radical (unpaired) electrons. The third-order valence-corrected chi connectivity index (χ3v) is 5.90. The maximum atomic E-state index is 12.8. The van der Waals surface area contributed by atoms with Crippen LogP contribution >= 0.6 is 12.2 Å². The van der Waals surface area contributed by atoms with Gasteiger partial charge in [0.15, 0.2) is 5.11 Å². The Balaban J connectivity index is 1.57. The van der Waals surface area contributed by atoms with Crippen molar-refractivity contribution in [1.82, 2.24) is 15.2 Å². The second-order valence-corrected chi connectivity index (χ2v) is 8.13. The number of methoxy groups -OCH3 is 1. The van der Waals surface area contributed by atoms with E-state index in [0.717, 1.165) is 41.7 Å². The van der Waals surface area contributed by atoms with Crippen molar-refractivity contribution < 1.29 is 9.47 Å². The highest BCUT2D eigenvalue weighted by molar-refractivity contribution is 7.80.